The van der Waals surface area contributed by atoms with Crippen LogP contribution in [-0.2, 0) is 30.6 Å². The number of alkyl halides is 3. The topological polar surface area (TPSA) is 169 Å². The molecule has 13 nitrogen and oxygen atoms in total. The van der Waals surface area contributed by atoms with Crippen molar-refractivity contribution in [1.82, 2.24) is 24.9 Å². The van der Waals surface area contributed by atoms with Gasteiger partial charge in [-0.1, -0.05) is 38.4 Å². The molecule has 5 atom stereocenters. The number of nitrogens with one attached hydrogen (secondary N) is 3. The van der Waals surface area contributed by atoms with Crippen molar-refractivity contribution >= 4 is 66.6 Å². The number of hydrogen-bond acceptors (Lipinski definition) is 11. The maximum atomic E-state index is 14.9. The SMILES string of the molecule is C=C[C@@H]1C[C@]1(NC(=O)[C@@H]1C[C@@H](Oc2ncc(OC)c3ccc(Cl)cc23)CN1C(=O)[C@@H](Nc1nc(-c2ccc(C(F)(F)F)cc2F)cs1)C(C)(C)C)C(=O)NS(=O)(=O)C1CC1. The van der Waals surface area contributed by atoms with Gasteiger partial charge in [-0.25, -0.2) is 22.8 Å². The van der Waals surface area contributed by atoms with Crippen molar-refractivity contribution in [1.29, 1.82) is 0 Å². The Kier molecular flexibility index (Phi) is 11.3. The van der Waals surface area contributed by atoms with Crippen molar-refractivity contribution in [3.8, 4) is 22.9 Å². The first-order valence-electron chi connectivity index (χ1n) is 18.8. The number of aromatic nitrogens is 2. The van der Waals surface area contributed by atoms with Gasteiger partial charge in [0.25, 0.3) is 5.91 Å². The highest BCUT2D eigenvalue weighted by molar-refractivity contribution is 7.91. The molecule has 3 heterocycles. The summed E-state index contributed by atoms with van der Waals surface area (Å²) in [6.45, 7) is 8.91. The molecule has 3 amide bonds. The number of fused-ring (bicyclic) bond motifs is 1. The molecule has 2 saturated carbocycles. The van der Waals surface area contributed by atoms with Crippen LogP contribution in [0.5, 0.6) is 11.6 Å². The Balaban J connectivity index is 1.19. The first-order chi connectivity index (χ1) is 28.1. The van der Waals surface area contributed by atoms with E-state index in [9.17, 15) is 40.4 Å². The minimum Gasteiger partial charge on any atom is -0.494 e. The Morgan fingerprint density at radius 2 is 1.85 bits per heavy atom. The van der Waals surface area contributed by atoms with Gasteiger partial charge in [-0.3, -0.25) is 19.1 Å². The van der Waals surface area contributed by atoms with Crippen LogP contribution in [0.2, 0.25) is 5.02 Å². The Labute approximate surface area is 351 Å². The minimum atomic E-state index is -4.74. The van der Waals surface area contributed by atoms with Crippen LogP contribution in [-0.4, -0.2) is 83.6 Å². The Bertz CT molecular complexity index is 2490. The summed E-state index contributed by atoms with van der Waals surface area (Å²) < 4.78 is 94.0. The number of nitrogens with zero attached hydrogens (tertiary/aromatic N) is 3. The summed E-state index contributed by atoms with van der Waals surface area (Å²) in [5, 5.41) is 8.28. The number of carbonyl (C=O) groups is 3. The molecular weight excluding hydrogens is 852 g/mol. The van der Waals surface area contributed by atoms with Crippen molar-refractivity contribution in [2.45, 2.75) is 81.6 Å². The molecule has 1 saturated heterocycles. The van der Waals surface area contributed by atoms with Gasteiger partial charge in [-0.2, -0.15) is 13.2 Å². The highest BCUT2D eigenvalue weighted by Gasteiger charge is 2.62. The largest absolute Gasteiger partial charge is 0.494 e. The molecule has 1 aliphatic heterocycles. The lowest BCUT2D eigenvalue weighted by atomic mass is 9.85. The molecule has 0 radical (unpaired) electrons. The van der Waals surface area contributed by atoms with Crippen LogP contribution < -0.4 is 24.8 Å². The molecule has 20 heteroatoms. The lowest BCUT2D eigenvalue weighted by Crippen LogP contribution is -2.58. The smallest absolute Gasteiger partial charge is 0.416 e. The average Bonchev–Trinajstić information content (AvgIpc) is 4.07. The molecule has 2 aliphatic carbocycles. The number of carbonyl (C=O) groups excluding carboxylic acids is 3. The second kappa shape index (κ2) is 15.8. The van der Waals surface area contributed by atoms with Gasteiger partial charge < -0.3 is 25.0 Å². The molecule has 2 aromatic carbocycles. The van der Waals surface area contributed by atoms with Gasteiger partial charge >= 0.3 is 6.18 Å². The minimum absolute atomic E-state index is 0.0357. The molecule has 0 bridgehead atoms. The van der Waals surface area contributed by atoms with Gasteiger partial charge in [-0.05, 0) is 61.1 Å². The van der Waals surface area contributed by atoms with E-state index in [1.807, 2.05) is 0 Å². The number of ether oxygens (including phenoxy) is 2. The Morgan fingerprint density at radius 3 is 2.47 bits per heavy atom. The number of pyridine rings is 1. The van der Waals surface area contributed by atoms with Crippen molar-refractivity contribution in [2.24, 2.45) is 11.3 Å². The zero-order chi connectivity index (χ0) is 43.5. The van der Waals surface area contributed by atoms with Gasteiger partial charge in [0, 0.05) is 39.1 Å². The highest BCUT2D eigenvalue weighted by atomic mass is 35.5. The molecule has 4 aromatic rings. The van der Waals surface area contributed by atoms with Gasteiger partial charge in [0.05, 0.1) is 36.4 Å². The molecule has 7 rings (SSSR count). The molecule has 60 heavy (non-hydrogen) atoms. The number of sulfonamides is 1. The molecule has 320 valence electrons. The first-order valence-corrected chi connectivity index (χ1v) is 21.6. The summed E-state index contributed by atoms with van der Waals surface area (Å²) in [7, 11) is -2.48. The second-order valence-corrected chi connectivity index (χ2v) is 19.4. The maximum absolute atomic E-state index is 14.9. The number of thiazole rings is 1. The lowest BCUT2D eigenvalue weighted by Gasteiger charge is -2.35. The normalized spacial score (nSPS) is 22.2. The van der Waals surface area contributed by atoms with E-state index in [0.717, 1.165) is 23.5 Å². The summed E-state index contributed by atoms with van der Waals surface area (Å²) >= 11 is 7.34. The fourth-order valence-corrected chi connectivity index (χ4v) is 9.55. The van der Waals surface area contributed by atoms with E-state index in [2.05, 4.69) is 31.9 Å². The van der Waals surface area contributed by atoms with Crippen LogP contribution in [0.25, 0.3) is 22.0 Å². The van der Waals surface area contributed by atoms with E-state index >= 15 is 0 Å². The van der Waals surface area contributed by atoms with E-state index in [1.165, 1.54) is 29.7 Å². The van der Waals surface area contributed by atoms with Crippen LogP contribution in [0, 0.1) is 17.2 Å². The van der Waals surface area contributed by atoms with Crippen LogP contribution in [0.1, 0.15) is 52.0 Å². The second-order valence-electron chi connectivity index (χ2n) is 16.2. The third-order valence-electron chi connectivity index (χ3n) is 10.8. The first kappa shape index (κ1) is 43.1. The zero-order valence-corrected chi connectivity index (χ0v) is 35.1. The van der Waals surface area contributed by atoms with E-state index in [1.54, 1.807) is 39.0 Å². The van der Waals surface area contributed by atoms with Crippen LogP contribution >= 0.6 is 22.9 Å². The highest BCUT2D eigenvalue weighted by Crippen LogP contribution is 2.46. The van der Waals surface area contributed by atoms with Gasteiger partial charge in [0.15, 0.2) is 5.13 Å². The lowest BCUT2D eigenvalue weighted by molar-refractivity contribution is -0.141. The summed E-state index contributed by atoms with van der Waals surface area (Å²) in [6, 6.07) is 4.84. The molecular formula is C40H41ClF4N6O7S2. The number of benzene rings is 2. The average molecular weight is 893 g/mol. The maximum Gasteiger partial charge on any atom is 0.416 e. The van der Waals surface area contributed by atoms with Crippen LogP contribution in [0.4, 0.5) is 22.7 Å². The van der Waals surface area contributed by atoms with E-state index in [-0.39, 0.29) is 41.7 Å². The number of anilines is 1. The van der Waals surface area contributed by atoms with Gasteiger partial charge in [0.1, 0.15) is 35.3 Å². The van der Waals surface area contributed by atoms with Crippen molar-refractivity contribution in [3.63, 3.8) is 0 Å². The number of rotatable bonds is 13. The van der Waals surface area contributed by atoms with Crippen LogP contribution in [0.3, 0.4) is 0 Å². The third kappa shape index (κ3) is 8.61. The summed E-state index contributed by atoms with van der Waals surface area (Å²) in [5.74, 6) is -3.34. The monoisotopic (exact) mass is 892 g/mol. The predicted octanol–water partition coefficient (Wildman–Crippen LogP) is 6.72. The Morgan fingerprint density at radius 1 is 1.12 bits per heavy atom. The molecule has 0 unspecified atom stereocenters. The van der Waals surface area contributed by atoms with Crippen LogP contribution in [0.15, 0.2) is 60.6 Å². The number of hydrogen-bond donors (Lipinski definition) is 3. The summed E-state index contributed by atoms with van der Waals surface area (Å²) in [4.78, 5) is 53.0. The van der Waals surface area contributed by atoms with E-state index in [0.29, 0.717) is 40.5 Å². The Hall–Kier alpha value is -5.01. The van der Waals surface area contributed by atoms with E-state index in [4.69, 9.17) is 21.1 Å². The summed E-state index contributed by atoms with van der Waals surface area (Å²) in [5.41, 5.74) is -3.79. The predicted molar refractivity (Wildman–Crippen MR) is 216 cm³/mol. The summed E-state index contributed by atoms with van der Waals surface area (Å²) in [6.07, 6.45) is -1.83. The van der Waals surface area contributed by atoms with Crippen molar-refractivity contribution < 1.29 is 49.8 Å². The molecule has 3 N–H and O–H groups in total. The standard InChI is InChI=1S/C40H41ClF4N6O7S2/c1-6-20-16-39(20,36(54)50-60(55,56)24-9-10-24)49-33(52)30-15-23(58-34-27-14-22(41)8-12-25(27)31(57-5)17-46-34)18-51(30)35(53)32(38(2,3)4)48-37-47-29(19-59-37)26-11-7-21(13-28(26)42)40(43,44)45/h6-8,11-14,17,19-20,23-24,30,32H,1,9-10,15-16,18H2,2-5H3,(H,47,48)(H,49,52)(H,50,54)/t20-,23-,30+,32-,39-/m1/s1. The quantitative estimate of drug-likeness (QED) is 0.0968. The fraction of sp³-hybridized carbons (Fsp3) is 0.425. The van der Waals surface area contributed by atoms with Crippen molar-refractivity contribution in [3.05, 3.63) is 77.0 Å². The van der Waals surface area contributed by atoms with Crippen molar-refractivity contribution in [2.75, 3.05) is 19.0 Å². The number of amides is 3. The fourth-order valence-electron chi connectivity index (χ4n) is 7.27. The molecule has 3 fully saturated rings. The number of halogens is 5. The number of likely N-dealkylation sites (tertiary alicyclic amines) is 1. The third-order valence-corrected chi connectivity index (χ3v) is 13.7. The van der Waals surface area contributed by atoms with Gasteiger partial charge in [-0.15, -0.1) is 17.9 Å². The molecule has 2 aromatic heterocycles. The van der Waals surface area contributed by atoms with E-state index < -0.39 is 85.6 Å². The molecule has 0 spiro atoms. The van der Waals surface area contributed by atoms with Gasteiger partial charge in [0.2, 0.25) is 27.7 Å². The molecule has 3 aliphatic rings. The zero-order valence-electron chi connectivity index (χ0n) is 32.7. The number of methoxy groups -OCH3 is 1.